The maximum Gasteiger partial charge on any atom is 0.410 e. The van der Waals surface area contributed by atoms with Gasteiger partial charge in [0, 0.05) is 25.4 Å². The Morgan fingerprint density at radius 2 is 1.69 bits per heavy atom. The van der Waals surface area contributed by atoms with Crippen LogP contribution in [0, 0.1) is 11.8 Å². The fraction of sp³-hybridized carbons (Fsp3) is 0.630. The van der Waals surface area contributed by atoms with Crippen molar-refractivity contribution in [2.45, 2.75) is 83.4 Å². The Kier molecular flexibility index (Phi) is 9.34. The first-order valence-electron chi connectivity index (χ1n) is 12.9. The summed E-state index contributed by atoms with van der Waals surface area (Å²) in [6, 6.07) is 7.77. The molecule has 1 aliphatic carbocycles. The van der Waals surface area contributed by atoms with Crippen LogP contribution in [0.4, 0.5) is 4.79 Å². The molecule has 9 nitrogen and oxygen atoms in total. The van der Waals surface area contributed by atoms with Crippen molar-refractivity contribution >= 4 is 23.9 Å². The second-order valence-corrected chi connectivity index (χ2v) is 10.9. The zero-order valence-electron chi connectivity index (χ0n) is 21.5. The van der Waals surface area contributed by atoms with E-state index in [1.54, 1.807) is 20.8 Å². The largest absolute Gasteiger partial charge is 0.480 e. The fourth-order valence-corrected chi connectivity index (χ4v) is 4.91. The highest BCUT2D eigenvalue weighted by atomic mass is 16.6. The number of nitrogens with one attached hydrogen (secondary N) is 2. The number of likely N-dealkylation sites (tertiary alicyclic amines) is 1. The van der Waals surface area contributed by atoms with E-state index in [-0.39, 0.29) is 30.1 Å². The molecule has 2 fully saturated rings. The van der Waals surface area contributed by atoms with Gasteiger partial charge in [-0.2, -0.15) is 0 Å². The summed E-state index contributed by atoms with van der Waals surface area (Å²) in [6.45, 7) is 6.42. The van der Waals surface area contributed by atoms with Gasteiger partial charge in [0.05, 0.1) is 0 Å². The minimum absolute atomic E-state index is 0.163. The van der Waals surface area contributed by atoms with Gasteiger partial charge >= 0.3 is 12.1 Å². The standard InChI is InChI=1S/C27H39N3O6/c1-27(2,3)36-26(35)30-15-7-10-22(30)24(32)28-17-19-11-13-20(14-12-19)23(31)29-21(25(33)34)16-18-8-5-4-6-9-18/h4-6,8-9,19-22H,7,10-17H2,1-3H3,(H,28,32)(H,29,31)(H,33,34)/t19?,20?,21-,22-/m0/s1. The lowest BCUT2D eigenvalue weighted by Gasteiger charge is -2.30. The SMILES string of the molecule is CC(C)(C)OC(=O)N1CCC[C@H]1C(=O)NCC1CCC(C(=O)N[C@@H](Cc2ccccc2)C(=O)O)CC1. The van der Waals surface area contributed by atoms with Crippen LogP contribution >= 0.6 is 0 Å². The lowest BCUT2D eigenvalue weighted by molar-refractivity contribution is -0.142. The van der Waals surface area contributed by atoms with E-state index in [9.17, 15) is 24.3 Å². The summed E-state index contributed by atoms with van der Waals surface area (Å²) in [6.07, 6.45) is 4.01. The first-order chi connectivity index (χ1) is 17.0. The average Bonchev–Trinajstić information content (AvgIpc) is 3.32. The molecule has 2 aliphatic rings. The van der Waals surface area contributed by atoms with E-state index in [4.69, 9.17) is 4.74 Å². The van der Waals surface area contributed by atoms with Gasteiger partial charge in [-0.1, -0.05) is 30.3 Å². The molecule has 1 aliphatic heterocycles. The van der Waals surface area contributed by atoms with Crippen molar-refractivity contribution < 1.29 is 29.0 Å². The molecule has 0 unspecified atom stereocenters. The number of amides is 3. The molecule has 1 heterocycles. The number of aliphatic carboxylic acids is 1. The monoisotopic (exact) mass is 501 g/mol. The van der Waals surface area contributed by atoms with Crippen molar-refractivity contribution in [3.05, 3.63) is 35.9 Å². The number of carbonyl (C=O) groups is 4. The molecule has 2 atom stereocenters. The van der Waals surface area contributed by atoms with Crippen LogP contribution in [0.2, 0.25) is 0 Å². The number of hydrogen-bond acceptors (Lipinski definition) is 5. The van der Waals surface area contributed by atoms with Crippen LogP contribution in [-0.2, 0) is 25.5 Å². The lowest BCUT2D eigenvalue weighted by atomic mass is 9.81. The summed E-state index contributed by atoms with van der Waals surface area (Å²) < 4.78 is 5.44. The number of ether oxygens (including phenoxy) is 1. The normalized spacial score (nSPS) is 23.0. The van der Waals surface area contributed by atoms with E-state index in [1.165, 1.54) is 4.90 Å². The maximum atomic E-state index is 12.8. The zero-order chi connectivity index (χ0) is 26.3. The highest BCUT2D eigenvalue weighted by molar-refractivity contribution is 5.86. The molecule has 0 spiro atoms. The van der Waals surface area contributed by atoms with E-state index in [1.807, 2.05) is 30.3 Å². The van der Waals surface area contributed by atoms with Gasteiger partial charge in [-0.15, -0.1) is 0 Å². The molecule has 1 aromatic carbocycles. The molecule has 3 amide bonds. The summed E-state index contributed by atoms with van der Waals surface area (Å²) >= 11 is 0. The van der Waals surface area contributed by atoms with Crippen LogP contribution in [0.15, 0.2) is 30.3 Å². The Morgan fingerprint density at radius 3 is 2.31 bits per heavy atom. The number of hydrogen-bond donors (Lipinski definition) is 3. The molecule has 3 rings (SSSR count). The Bertz CT molecular complexity index is 921. The fourth-order valence-electron chi connectivity index (χ4n) is 4.91. The van der Waals surface area contributed by atoms with Gasteiger partial charge in [0.1, 0.15) is 17.7 Å². The van der Waals surface area contributed by atoms with Gasteiger partial charge in [0.15, 0.2) is 0 Å². The van der Waals surface area contributed by atoms with Gasteiger partial charge in [-0.05, 0) is 70.8 Å². The number of carboxylic acids is 1. The van der Waals surface area contributed by atoms with Crippen molar-refractivity contribution in [3.63, 3.8) is 0 Å². The van der Waals surface area contributed by atoms with E-state index >= 15 is 0 Å². The summed E-state index contributed by atoms with van der Waals surface area (Å²) in [7, 11) is 0. The van der Waals surface area contributed by atoms with Crippen molar-refractivity contribution in [2.75, 3.05) is 13.1 Å². The van der Waals surface area contributed by atoms with Crippen LogP contribution in [-0.4, -0.2) is 64.7 Å². The number of carboxylic acid groups (broad SMARTS) is 1. The Labute approximate surface area is 212 Å². The van der Waals surface area contributed by atoms with Crippen molar-refractivity contribution in [3.8, 4) is 0 Å². The number of benzene rings is 1. The predicted molar refractivity (Wildman–Crippen MR) is 134 cm³/mol. The van der Waals surface area contributed by atoms with E-state index in [2.05, 4.69) is 10.6 Å². The summed E-state index contributed by atoms with van der Waals surface area (Å²) in [4.78, 5) is 51.2. The molecule has 1 saturated heterocycles. The third-order valence-electron chi connectivity index (χ3n) is 6.86. The molecular formula is C27H39N3O6. The van der Waals surface area contributed by atoms with Crippen molar-refractivity contribution in [1.29, 1.82) is 0 Å². The molecular weight excluding hydrogens is 462 g/mol. The summed E-state index contributed by atoms with van der Waals surface area (Å²) in [5.41, 5.74) is 0.245. The summed E-state index contributed by atoms with van der Waals surface area (Å²) in [5.74, 6) is -1.42. The molecule has 0 radical (unpaired) electrons. The van der Waals surface area contributed by atoms with E-state index in [0.29, 0.717) is 32.4 Å². The Hall–Kier alpha value is -3.10. The molecule has 1 aromatic rings. The minimum atomic E-state index is -1.05. The third-order valence-corrected chi connectivity index (χ3v) is 6.86. The van der Waals surface area contributed by atoms with Gasteiger partial charge in [-0.3, -0.25) is 14.5 Å². The summed E-state index contributed by atoms with van der Waals surface area (Å²) in [5, 5.41) is 15.3. The highest BCUT2D eigenvalue weighted by Crippen LogP contribution is 2.29. The first-order valence-corrected chi connectivity index (χ1v) is 12.9. The second-order valence-electron chi connectivity index (χ2n) is 10.9. The van der Waals surface area contributed by atoms with Gasteiger partial charge in [0.25, 0.3) is 0 Å². The van der Waals surface area contributed by atoms with Crippen LogP contribution in [0.25, 0.3) is 0 Å². The Balaban J connectivity index is 1.42. The van der Waals surface area contributed by atoms with E-state index < -0.39 is 29.7 Å². The number of rotatable bonds is 8. The van der Waals surface area contributed by atoms with Crippen LogP contribution in [0.3, 0.4) is 0 Å². The predicted octanol–water partition coefficient (Wildman–Crippen LogP) is 3.12. The van der Waals surface area contributed by atoms with Crippen molar-refractivity contribution in [1.82, 2.24) is 15.5 Å². The molecule has 36 heavy (non-hydrogen) atoms. The average molecular weight is 502 g/mol. The minimum Gasteiger partial charge on any atom is -0.480 e. The van der Waals surface area contributed by atoms with Gasteiger partial charge in [0.2, 0.25) is 11.8 Å². The third kappa shape index (κ3) is 7.96. The lowest BCUT2D eigenvalue weighted by Crippen LogP contribution is -2.48. The first kappa shape index (κ1) is 27.5. The van der Waals surface area contributed by atoms with Gasteiger partial charge in [-0.25, -0.2) is 9.59 Å². The zero-order valence-corrected chi connectivity index (χ0v) is 21.5. The second kappa shape index (κ2) is 12.2. The van der Waals surface area contributed by atoms with Crippen LogP contribution in [0.5, 0.6) is 0 Å². The van der Waals surface area contributed by atoms with Crippen LogP contribution in [0.1, 0.15) is 64.9 Å². The maximum absolute atomic E-state index is 12.8. The smallest absolute Gasteiger partial charge is 0.410 e. The molecule has 0 bridgehead atoms. The molecule has 3 N–H and O–H groups in total. The van der Waals surface area contributed by atoms with Crippen molar-refractivity contribution in [2.24, 2.45) is 11.8 Å². The number of nitrogens with zero attached hydrogens (tertiary/aromatic N) is 1. The number of carbonyl (C=O) groups excluding carboxylic acids is 3. The highest BCUT2D eigenvalue weighted by Gasteiger charge is 2.37. The van der Waals surface area contributed by atoms with Gasteiger partial charge < -0.3 is 20.5 Å². The quantitative estimate of drug-likeness (QED) is 0.503. The molecule has 198 valence electrons. The molecule has 9 heteroatoms. The molecule has 0 aromatic heterocycles. The Morgan fingerprint density at radius 1 is 1.03 bits per heavy atom. The van der Waals surface area contributed by atoms with Crippen LogP contribution < -0.4 is 10.6 Å². The molecule has 1 saturated carbocycles. The topological polar surface area (TPSA) is 125 Å². The van der Waals surface area contributed by atoms with E-state index in [0.717, 1.165) is 24.8 Å².